The fourth-order valence-electron chi connectivity index (χ4n) is 7.04. The molecule has 4 heteroatoms. The third-order valence-corrected chi connectivity index (χ3v) is 10.3. The Morgan fingerprint density at radius 3 is 1.21 bits per heavy atom. The van der Waals surface area contributed by atoms with E-state index in [1.807, 2.05) is 0 Å². The summed E-state index contributed by atoms with van der Waals surface area (Å²) in [4.78, 5) is 0. The summed E-state index contributed by atoms with van der Waals surface area (Å²) in [7, 11) is 11.0. The topological polar surface area (TPSA) is 0 Å². The molecule has 0 nitrogen and oxygen atoms in total. The summed E-state index contributed by atoms with van der Waals surface area (Å²) in [6, 6.07) is 36.5. The first kappa shape index (κ1) is 44.2. The van der Waals surface area contributed by atoms with Crippen molar-refractivity contribution in [3.05, 3.63) is 130 Å². The normalized spacial score (nSPS) is 12.0. The molecule has 0 heterocycles. The molecule has 2 radical (unpaired) electrons. The quantitative estimate of drug-likeness (QED) is 0.106. The maximum absolute atomic E-state index is 4.93. The minimum atomic E-state index is -0.826. The molecule has 0 saturated carbocycles. The fourth-order valence-corrected chi connectivity index (χ4v) is 7.04. The van der Waals surface area contributed by atoms with Crippen LogP contribution in [0.4, 0.5) is 0 Å². The second kappa shape index (κ2) is 21.6. The van der Waals surface area contributed by atoms with Crippen LogP contribution in [0.25, 0.3) is 43.8 Å². The van der Waals surface area contributed by atoms with E-state index in [1.54, 1.807) is 0 Å². The molecule has 6 aromatic carbocycles. The number of aryl methyl sites for hydroxylation is 2. The fraction of sp³-hybridized carbons (Fsp3) is 0.375. The van der Waals surface area contributed by atoms with Gasteiger partial charge in [0, 0.05) is 9.52 Å². The van der Waals surface area contributed by atoms with E-state index < -0.39 is 20.8 Å². The van der Waals surface area contributed by atoms with Gasteiger partial charge in [0.2, 0.25) is 0 Å². The SMILES string of the molecule is CCC(C)c1cc2c(-c3ccccc3C(C)C)c(C)ccc2[cH-]1.CCC(C)c1cc2c(-c3ccccc3C(C)C)c(C)ccc2[cH-]1.C[Si]C.[Cl][Zr+2][Cl]. The second-order valence-electron chi connectivity index (χ2n) is 14.8. The molecular weight excluding hydrogens is 767 g/mol. The Kier molecular flexibility index (Phi) is 18.4. The predicted molar refractivity (Wildman–Crippen MR) is 234 cm³/mol. The number of benzene rings is 4. The van der Waals surface area contributed by atoms with Gasteiger partial charge in [0.05, 0.1) is 0 Å². The summed E-state index contributed by atoms with van der Waals surface area (Å²) in [6.45, 7) is 27.1. The van der Waals surface area contributed by atoms with Crippen molar-refractivity contribution in [3.8, 4) is 22.3 Å². The number of rotatable bonds is 8. The van der Waals surface area contributed by atoms with Crippen LogP contribution in [0, 0.1) is 13.8 Å². The summed E-state index contributed by atoms with van der Waals surface area (Å²) in [5, 5.41) is 5.57. The van der Waals surface area contributed by atoms with Crippen molar-refractivity contribution in [1.82, 2.24) is 0 Å². The van der Waals surface area contributed by atoms with E-state index in [-0.39, 0.29) is 0 Å². The first-order valence-corrected chi connectivity index (χ1v) is 27.3. The Hall–Kier alpha value is -2.22. The van der Waals surface area contributed by atoms with Gasteiger partial charge in [0.25, 0.3) is 0 Å². The van der Waals surface area contributed by atoms with E-state index in [4.69, 9.17) is 17.0 Å². The van der Waals surface area contributed by atoms with Crippen molar-refractivity contribution in [2.45, 2.75) is 119 Å². The maximum atomic E-state index is 4.93. The molecule has 0 aromatic heterocycles. The van der Waals surface area contributed by atoms with Crippen LogP contribution < -0.4 is 0 Å². The zero-order valence-corrected chi connectivity index (χ0v) is 38.7. The van der Waals surface area contributed by atoms with Crippen LogP contribution >= 0.6 is 17.0 Å². The van der Waals surface area contributed by atoms with Crippen molar-refractivity contribution < 1.29 is 20.8 Å². The van der Waals surface area contributed by atoms with Crippen molar-refractivity contribution in [1.29, 1.82) is 0 Å². The molecule has 2 atom stereocenters. The van der Waals surface area contributed by atoms with E-state index in [0.717, 1.165) is 9.52 Å². The van der Waals surface area contributed by atoms with E-state index >= 15 is 0 Å². The van der Waals surface area contributed by atoms with Gasteiger partial charge in [-0.05, 0) is 59.8 Å². The van der Waals surface area contributed by atoms with Crippen LogP contribution in [0.1, 0.15) is 125 Å². The van der Waals surface area contributed by atoms with E-state index in [1.165, 1.54) is 90.0 Å². The van der Waals surface area contributed by atoms with Crippen molar-refractivity contribution >= 4 is 48.1 Å². The summed E-state index contributed by atoms with van der Waals surface area (Å²) < 4.78 is 0. The molecule has 274 valence electrons. The van der Waals surface area contributed by atoms with Crippen LogP contribution in [0.5, 0.6) is 0 Å². The Labute approximate surface area is 338 Å². The van der Waals surface area contributed by atoms with Gasteiger partial charge in [-0.15, -0.1) is 69.1 Å². The molecule has 0 aliphatic carbocycles. The average molecular weight is 827 g/mol. The van der Waals surface area contributed by atoms with Gasteiger partial charge in [-0.3, -0.25) is 0 Å². The molecule has 0 N–H and O–H groups in total. The van der Waals surface area contributed by atoms with Crippen LogP contribution in [-0.2, 0) is 20.8 Å². The Bertz CT molecular complexity index is 1830. The van der Waals surface area contributed by atoms with E-state index in [9.17, 15) is 0 Å². The van der Waals surface area contributed by atoms with Gasteiger partial charge in [-0.25, -0.2) is 0 Å². The molecule has 2 unspecified atom stereocenters. The summed E-state index contributed by atoms with van der Waals surface area (Å²) in [5.74, 6) is 2.31. The van der Waals surface area contributed by atoms with Gasteiger partial charge >= 0.3 is 37.9 Å². The molecule has 52 heavy (non-hydrogen) atoms. The Balaban J connectivity index is 0.000000244. The molecule has 0 fully saturated rings. The molecule has 0 aliphatic heterocycles. The van der Waals surface area contributed by atoms with E-state index in [2.05, 4.69) is 179 Å². The molecule has 0 amide bonds. The summed E-state index contributed by atoms with van der Waals surface area (Å²) >= 11 is -0.826. The number of halogens is 2. The van der Waals surface area contributed by atoms with Crippen molar-refractivity contribution in [2.75, 3.05) is 0 Å². The second-order valence-corrected chi connectivity index (χ2v) is 19.5. The van der Waals surface area contributed by atoms with Gasteiger partial charge in [-0.1, -0.05) is 152 Å². The van der Waals surface area contributed by atoms with Gasteiger partial charge in [0.15, 0.2) is 0 Å². The zero-order chi connectivity index (χ0) is 38.5. The molecule has 6 rings (SSSR count). The van der Waals surface area contributed by atoms with Gasteiger partial charge in [0.1, 0.15) is 0 Å². The van der Waals surface area contributed by atoms with Gasteiger partial charge < -0.3 is 0 Å². The summed E-state index contributed by atoms with van der Waals surface area (Å²) in [6.07, 6.45) is 2.38. The average Bonchev–Trinajstić information content (AvgIpc) is 3.77. The monoisotopic (exact) mass is 824 g/mol. The predicted octanol–water partition coefficient (Wildman–Crippen LogP) is 16.5. The van der Waals surface area contributed by atoms with Crippen LogP contribution in [0.3, 0.4) is 0 Å². The molecule has 6 aromatic rings. The molecular formula is C48H60Cl2SiZr. The molecule has 0 saturated heterocycles. The Morgan fingerprint density at radius 2 is 0.904 bits per heavy atom. The number of fused-ring (bicyclic) bond motifs is 2. The van der Waals surface area contributed by atoms with Crippen LogP contribution in [0.2, 0.25) is 13.1 Å². The Morgan fingerprint density at radius 1 is 0.577 bits per heavy atom. The number of hydrogen-bond donors (Lipinski definition) is 0. The van der Waals surface area contributed by atoms with Crippen LogP contribution in [-0.4, -0.2) is 9.52 Å². The zero-order valence-electron chi connectivity index (χ0n) is 33.7. The van der Waals surface area contributed by atoms with E-state index in [0.29, 0.717) is 23.7 Å². The molecule has 0 spiro atoms. The standard InChI is InChI=1S/2C23H27.C2H6Si.2ClH.Zr/c2*1-6-16(4)19-13-18-12-11-17(5)23(22(18)14-19)21-10-8-7-9-20(21)15(2)3;1-3-2;;;/h2*7-16H,6H2,1-5H3;1-2H3;2*1H;/q2*-1;;;;+4/p-2. The van der Waals surface area contributed by atoms with Crippen molar-refractivity contribution in [3.63, 3.8) is 0 Å². The number of hydrogen-bond acceptors (Lipinski definition) is 0. The first-order chi connectivity index (χ1) is 24.9. The first-order valence-electron chi connectivity index (χ1n) is 19.0. The van der Waals surface area contributed by atoms with Gasteiger partial charge in [-0.2, -0.15) is 12.1 Å². The molecule has 0 aliphatic rings. The third kappa shape index (κ3) is 10.9. The molecule has 0 bridgehead atoms. The summed E-state index contributed by atoms with van der Waals surface area (Å²) in [5.41, 5.74) is 14.2. The third-order valence-electron chi connectivity index (χ3n) is 10.3. The van der Waals surface area contributed by atoms with Crippen LogP contribution in [0.15, 0.2) is 97.1 Å². The van der Waals surface area contributed by atoms with Crippen molar-refractivity contribution in [2.24, 2.45) is 0 Å². The minimum absolute atomic E-state index is 0.532.